The number of rotatable bonds is 3. The van der Waals surface area contributed by atoms with Crippen molar-refractivity contribution in [1.82, 2.24) is 4.90 Å². The maximum Gasteiger partial charge on any atom is 0.254 e. The minimum absolute atomic E-state index is 0.101. The SMILES string of the molecule is NCCC1CCCCN1C(=O)c1cc(O)cc(O)c1. The Labute approximate surface area is 112 Å². The molecule has 5 nitrogen and oxygen atoms in total. The average Bonchev–Trinajstić information content (AvgIpc) is 2.38. The predicted octanol–water partition coefficient (Wildman–Crippen LogP) is 1.44. The number of amides is 1. The first-order chi connectivity index (χ1) is 9.11. The summed E-state index contributed by atoms with van der Waals surface area (Å²) in [6, 6.07) is 4.15. The van der Waals surface area contributed by atoms with Crippen molar-refractivity contribution in [3.05, 3.63) is 23.8 Å². The number of piperidine rings is 1. The van der Waals surface area contributed by atoms with Gasteiger partial charge in [0, 0.05) is 24.2 Å². The fourth-order valence-corrected chi connectivity index (χ4v) is 2.64. The van der Waals surface area contributed by atoms with Crippen molar-refractivity contribution in [3.63, 3.8) is 0 Å². The molecule has 0 aliphatic carbocycles. The molecule has 0 bridgehead atoms. The van der Waals surface area contributed by atoms with Gasteiger partial charge in [0.1, 0.15) is 11.5 Å². The van der Waals surface area contributed by atoms with E-state index < -0.39 is 0 Å². The molecular weight excluding hydrogens is 244 g/mol. The molecule has 1 unspecified atom stereocenters. The first-order valence-corrected chi connectivity index (χ1v) is 6.66. The number of carbonyl (C=O) groups excluding carboxylic acids is 1. The third kappa shape index (κ3) is 3.17. The summed E-state index contributed by atoms with van der Waals surface area (Å²) in [5.41, 5.74) is 5.91. The van der Waals surface area contributed by atoms with Gasteiger partial charge in [-0.1, -0.05) is 0 Å². The monoisotopic (exact) mass is 264 g/mol. The van der Waals surface area contributed by atoms with Crippen molar-refractivity contribution in [2.24, 2.45) is 5.73 Å². The molecule has 0 saturated carbocycles. The lowest BCUT2D eigenvalue weighted by atomic mass is 9.98. The van der Waals surface area contributed by atoms with Gasteiger partial charge in [-0.3, -0.25) is 4.79 Å². The highest BCUT2D eigenvalue weighted by Gasteiger charge is 2.27. The largest absolute Gasteiger partial charge is 0.508 e. The molecule has 1 aromatic carbocycles. The average molecular weight is 264 g/mol. The lowest BCUT2D eigenvalue weighted by Crippen LogP contribution is -2.44. The molecule has 1 fully saturated rings. The van der Waals surface area contributed by atoms with Gasteiger partial charge in [-0.2, -0.15) is 0 Å². The Kier molecular flexibility index (Phi) is 4.27. The van der Waals surface area contributed by atoms with Gasteiger partial charge in [0.2, 0.25) is 0 Å². The number of phenolic OH excluding ortho intramolecular Hbond substituents is 2. The van der Waals surface area contributed by atoms with Gasteiger partial charge in [0.25, 0.3) is 5.91 Å². The van der Waals surface area contributed by atoms with Crippen LogP contribution in [-0.2, 0) is 0 Å². The lowest BCUT2D eigenvalue weighted by Gasteiger charge is -2.35. The molecule has 4 N–H and O–H groups in total. The molecule has 0 spiro atoms. The molecule has 1 heterocycles. The van der Waals surface area contributed by atoms with Gasteiger partial charge < -0.3 is 20.8 Å². The van der Waals surface area contributed by atoms with E-state index in [0.29, 0.717) is 18.7 Å². The maximum absolute atomic E-state index is 12.5. The number of phenols is 2. The molecule has 1 saturated heterocycles. The van der Waals surface area contributed by atoms with Gasteiger partial charge in [0.05, 0.1) is 0 Å². The van der Waals surface area contributed by atoms with Crippen molar-refractivity contribution in [2.75, 3.05) is 13.1 Å². The molecule has 0 radical (unpaired) electrons. The fourth-order valence-electron chi connectivity index (χ4n) is 2.64. The van der Waals surface area contributed by atoms with Crippen molar-refractivity contribution < 1.29 is 15.0 Å². The molecule has 0 aromatic heterocycles. The summed E-state index contributed by atoms with van der Waals surface area (Å²) in [4.78, 5) is 14.3. The second-order valence-electron chi connectivity index (χ2n) is 4.96. The number of likely N-dealkylation sites (tertiary alicyclic amines) is 1. The zero-order valence-electron chi connectivity index (χ0n) is 10.9. The summed E-state index contributed by atoms with van der Waals surface area (Å²) in [6.45, 7) is 1.26. The summed E-state index contributed by atoms with van der Waals surface area (Å²) < 4.78 is 0. The van der Waals surface area contributed by atoms with Crippen LogP contribution in [0.2, 0.25) is 0 Å². The minimum atomic E-state index is -0.149. The first kappa shape index (κ1) is 13.7. The molecule has 1 aliphatic heterocycles. The molecule has 1 aliphatic rings. The van der Waals surface area contributed by atoms with Crippen LogP contribution in [-0.4, -0.2) is 40.2 Å². The number of benzene rings is 1. The second-order valence-corrected chi connectivity index (χ2v) is 4.96. The van der Waals surface area contributed by atoms with Gasteiger partial charge in [0.15, 0.2) is 0 Å². The van der Waals surface area contributed by atoms with E-state index in [1.54, 1.807) is 0 Å². The van der Waals surface area contributed by atoms with Crippen LogP contribution in [0.1, 0.15) is 36.0 Å². The molecule has 1 aromatic rings. The smallest absolute Gasteiger partial charge is 0.254 e. The van der Waals surface area contributed by atoms with E-state index in [-0.39, 0.29) is 23.4 Å². The first-order valence-electron chi connectivity index (χ1n) is 6.66. The Balaban J connectivity index is 2.20. The van der Waals surface area contributed by atoms with E-state index in [9.17, 15) is 15.0 Å². The van der Waals surface area contributed by atoms with Gasteiger partial charge in [-0.15, -0.1) is 0 Å². The topological polar surface area (TPSA) is 86.8 Å². The Bertz CT molecular complexity index is 440. The van der Waals surface area contributed by atoms with Gasteiger partial charge in [-0.25, -0.2) is 0 Å². The predicted molar refractivity (Wildman–Crippen MR) is 72.1 cm³/mol. The third-order valence-electron chi connectivity index (χ3n) is 3.54. The third-order valence-corrected chi connectivity index (χ3v) is 3.54. The molecule has 1 atom stereocenters. The quantitative estimate of drug-likeness (QED) is 0.771. The summed E-state index contributed by atoms with van der Waals surface area (Å²) in [6.07, 6.45) is 3.85. The number of nitrogens with two attached hydrogens (primary N) is 1. The molecule has 104 valence electrons. The second kappa shape index (κ2) is 5.93. The zero-order valence-corrected chi connectivity index (χ0v) is 10.9. The van der Waals surface area contributed by atoms with Crippen LogP contribution in [0.15, 0.2) is 18.2 Å². The maximum atomic E-state index is 12.5. The highest BCUT2D eigenvalue weighted by molar-refractivity contribution is 5.95. The minimum Gasteiger partial charge on any atom is -0.508 e. The standard InChI is InChI=1S/C14H20N2O3/c15-5-4-11-3-1-2-6-16(11)14(19)10-7-12(17)9-13(18)8-10/h7-9,11,17-18H,1-6,15H2. The Morgan fingerprint density at radius 2 is 1.95 bits per heavy atom. The van der Waals surface area contributed by atoms with Gasteiger partial charge in [-0.05, 0) is 44.4 Å². The fraction of sp³-hybridized carbons (Fsp3) is 0.500. The zero-order chi connectivity index (χ0) is 13.8. The van der Waals surface area contributed by atoms with Crippen LogP contribution < -0.4 is 5.73 Å². The number of hydrogen-bond acceptors (Lipinski definition) is 4. The summed E-state index contributed by atoms with van der Waals surface area (Å²) in [5, 5.41) is 18.9. The summed E-state index contributed by atoms with van der Waals surface area (Å²) >= 11 is 0. The van der Waals surface area contributed by atoms with Crippen LogP contribution in [0.4, 0.5) is 0 Å². The van der Waals surface area contributed by atoms with E-state index in [0.717, 1.165) is 25.7 Å². The van der Waals surface area contributed by atoms with E-state index in [2.05, 4.69) is 0 Å². The number of aromatic hydroxyl groups is 2. The van der Waals surface area contributed by atoms with E-state index >= 15 is 0 Å². The highest BCUT2D eigenvalue weighted by atomic mass is 16.3. The number of nitrogens with zero attached hydrogens (tertiary/aromatic N) is 1. The molecule has 2 rings (SSSR count). The Morgan fingerprint density at radius 1 is 1.26 bits per heavy atom. The van der Waals surface area contributed by atoms with Crippen LogP contribution in [0.25, 0.3) is 0 Å². The summed E-state index contributed by atoms with van der Waals surface area (Å²) in [7, 11) is 0. The van der Waals surface area contributed by atoms with E-state index in [1.165, 1.54) is 18.2 Å². The van der Waals surface area contributed by atoms with Crippen molar-refractivity contribution in [1.29, 1.82) is 0 Å². The normalized spacial score (nSPS) is 19.4. The lowest BCUT2D eigenvalue weighted by molar-refractivity contribution is 0.0604. The number of carbonyl (C=O) groups is 1. The van der Waals surface area contributed by atoms with Crippen molar-refractivity contribution in [3.8, 4) is 11.5 Å². The van der Waals surface area contributed by atoms with Crippen LogP contribution in [0.5, 0.6) is 11.5 Å². The van der Waals surface area contributed by atoms with Crippen LogP contribution in [0.3, 0.4) is 0 Å². The Morgan fingerprint density at radius 3 is 2.58 bits per heavy atom. The van der Waals surface area contributed by atoms with Crippen molar-refractivity contribution in [2.45, 2.75) is 31.7 Å². The Hall–Kier alpha value is -1.75. The molecule has 19 heavy (non-hydrogen) atoms. The van der Waals surface area contributed by atoms with Crippen LogP contribution in [0, 0.1) is 0 Å². The highest BCUT2D eigenvalue weighted by Crippen LogP contribution is 2.25. The molecule has 5 heteroatoms. The van der Waals surface area contributed by atoms with E-state index in [1.807, 2.05) is 4.90 Å². The summed E-state index contributed by atoms with van der Waals surface area (Å²) in [5.74, 6) is -0.351. The van der Waals surface area contributed by atoms with Gasteiger partial charge >= 0.3 is 0 Å². The van der Waals surface area contributed by atoms with E-state index in [4.69, 9.17) is 5.73 Å². The van der Waals surface area contributed by atoms with Crippen molar-refractivity contribution >= 4 is 5.91 Å². The molecular formula is C14H20N2O3. The molecule has 1 amide bonds. The number of hydrogen-bond donors (Lipinski definition) is 3. The van der Waals surface area contributed by atoms with Crippen LogP contribution >= 0.6 is 0 Å².